The molecule has 2 fully saturated rings. The minimum absolute atomic E-state index is 0.192. The number of nitrogens with two attached hydrogens (primary N) is 1. The minimum Gasteiger partial charge on any atom is -0.370 e. The zero-order valence-electron chi connectivity index (χ0n) is 10.6. The van der Waals surface area contributed by atoms with Crippen molar-refractivity contribution in [1.82, 2.24) is 4.90 Å². The molecule has 5 heteroatoms. The second kappa shape index (κ2) is 4.79. The predicted molar refractivity (Wildman–Crippen MR) is 69.9 cm³/mol. The van der Waals surface area contributed by atoms with E-state index in [0.717, 1.165) is 37.6 Å². The van der Waals surface area contributed by atoms with Crippen molar-refractivity contribution >= 4 is 5.96 Å². The van der Waals surface area contributed by atoms with Gasteiger partial charge in [-0.3, -0.25) is 0 Å². The maximum Gasteiger partial charge on any atom is 0.191 e. The standard InChI is InChI=1S/C14H17F2N3/c15-11-4-9(5-12(16)8-11)10-6-13(7-10)18-14(17)19-2-1-3-19/h4-5,8,10,13H,1-3,6-7H2,(H2,17,18). The van der Waals surface area contributed by atoms with Crippen molar-refractivity contribution in [2.24, 2.45) is 10.7 Å². The lowest BCUT2D eigenvalue weighted by Gasteiger charge is -2.36. The number of guanidine groups is 1. The topological polar surface area (TPSA) is 41.6 Å². The Morgan fingerprint density at radius 2 is 1.79 bits per heavy atom. The number of hydrogen-bond acceptors (Lipinski definition) is 1. The molecule has 1 aliphatic carbocycles. The van der Waals surface area contributed by atoms with Crippen molar-refractivity contribution < 1.29 is 8.78 Å². The lowest BCUT2D eigenvalue weighted by molar-refractivity contribution is 0.286. The molecule has 0 bridgehead atoms. The first-order valence-corrected chi connectivity index (χ1v) is 6.66. The minimum atomic E-state index is -0.512. The molecule has 2 aliphatic rings. The highest BCUT2D eigenvalue weighted by Gasteiger charge is 2.31. The van der Waals surface area contributed by atoms with Gasteiger partial charge in [-0.1, -0.05) is 0 Å². The third-order valence-electron chi connectivity index (χ3n) is 3.96. The maximum absolute atomic E-state index is 13.1. The first-order chi connectivity index (χ1) is 9.11. The van der Waals surface area contributed by atoms with Crippen molar-refractivity contribution in [1.29, 1.82) is 0 Å². The van der Waals surface area contributed by atoms with Crippen LogP contribution in [-0.4, -0.2) is 30.0 Å². The normalized spacial score (nSPS) is 26.8. The molecule has 1 aliphatic heterocycles. The monoisotopic (exact) mass is 265 g/mol. The Kier molecular flexibility index (Phi) is 3.12. The Morgan fingerprint density at radius 3 is 2.32 bits per heavy atom. The largest absolute Gasteiger partial charge is 0.370 e. The fourth-order valence-electron chi connectivity index (χ4n) is 2.59. The number of halogens is 2. The molecule has 1 heterocycles. The van der Waals surface area contributed by atoms with Crippen LogP contribution in [0, 0.1) is 11.6 Å². The Bertz CT molecular complexity index is 485. The van der Waals surface area contributed by atoms with Crippen LogP contribution in [0.4, 0.5) is 8.78 Å². The van der Waals surface area contributed by atoms with Crippen molar-refractivity contribution in [3.8, 4) is 0 Å². The van der Waals surface area contributed by atoms with E-state index in [0.29, 0.717) is 5.96 Å². The number of benzene rings is 1. The van der Waals surface area contributed by atoms with E-state index in [1.165, 1.54) is 18.6 Å². The van der Waals surface area contributed by atoms with E-state index in [-0.39, 0.29) is 12.0 Å². The smallest absolute Gasteiger partial charge is 0.191 e. The highest BCUT2D eigenvalue weighted by Crippen LogP contribution is 2.39. The molecule has 102 valence electrons. The summed E-state index contributed by atoms with van der Waals surface area (Å²) in [6.45, 7) is 1.97. The van der Waals surface area contributed by atoms with E-state index >= 15 is 0 Å². The molecule has 0 aromatic heterocycles. The van der Waals surface area contributed by atoms with Crippen LogP contribution >= 0.6 is 0 Å². The van der Waals surface area contributed by atoms with Gasteiger partial charge in [0.25, 0.3) is 0 Å². The van der Waals surface area contributed by atoms with E-state index < -0.39 is 11.6 Å². The third kappa shape index (κ3) is 2.55. The summed E-state index contributed by atoms with van der Waals surface area (Å²) in [5.74, 6) is -0.215. The van der Waals surface area contributed by atoms with E-state index in [2.05, 4.69) is 9.89 Å². The maximum atomic E-state index is 13.1. The molecule has 3 rings (SSSR count). The zero-order chi connectivity index (χ0) is 13.4. The molecule has 0 unspecified atom stereocenters. The molecule has 0 amide bonds. The number of likely N-dealkylation sites (tertiary alicyclic amines) is 1. The van der Waals surface area contributed by atoms with Crippen molar-refractivity contribution in [3.63, 3.8) is 0 Å². The molecule has 1 saturated heterocycles. The SMILES string of the molecule is NC(=NC1CC(c2cc(F)cc(F)c2)C1)N1CCC1. The van der Waals surface area contributed by atoms with Crippen molar-refractivity contribution in [2.75, 3.05) is 13.1 Å². The van der Waals surface area contributed by atoms with Crippen LogP contribution in [0.15, 0.2) is 23.2 Å². The summed E-state index contributed by atoms with van der Waals surface area (Å²) in [5, 5.41) is 0. The molecule has 0 radical (unpaired) electrons. The Labute approximate surface area is 111 Å². The summed E-state index contributed by atoms with van der Waals surface area (Å²) >= 11 is 0. The molecule has 2 N–H and O–H groups in total. The quantitative estimate of drug-likeness (QED) is 0.658. The number of rotatable bonds is 2. The molecular formula is C14H17F2N3. The number of nitrogens with zero attached hydrogens (tertiary/aromatic N) is 2. The van der Waals surface area contributed by atoms with Gasteiger partial charge >= 0.3 is 0 Å². The molecule has 3 nitrogen and oxygen atoms in total. The fraction of sp³-hybridized carbons (Fsp3) is 0.500. The van der Waals surface area contributed by atoms with Crippen LogP contribution in [0.1, 0.15) is 30.7 Å². The van der Waals surface area contributed by atoms with Gasteiger partial charge in [0.1, 0.15) is 11.6 Å². The summed E-state index contributed by atoms with van der Waals surface area (Å²) in [5.41, 5.74) is 6.61. The van der Waals surface area contributed by atoms with Crippen LogP contribution < -0.4 is 5.73 Å². The summed E-state index contributed by atoms with van der Waals surface area (Å²) in [6, 6.07) is 3.91. The van der Waals surface area contributed by atoms with Gasteiger partial charge in [0, 0.05) is 19.2 Å². The first kappa shape index (κ1) is 12.4. The summed E-state index contributed by atoms with van der Waals surface area (Å²) < 4.78 is 26.2. The van der Waals surface area contributed by atoms with Gasteiger partial charge in [-0.25, -0.2) is 13.8 Å². The molecule has 1 saturated carbocycles. The van der Waals surface area contributed by atoms with E-state index in [1.54, 1.807) is 0 Å². The van der Waals surface area contributed by atoms with Crippen molar-refractivity contribution in [2.45, 2.75) is 31.2 Å². The van der Waals surface area contributed by atoms with Crippen LogP contribution in [0.5, 0.6) is 0 Å². The second-order valence-corrected chi connectivity index (χ2v) is 5.35. The molecule has 19 heavy (non-hydrogen) atoms. The lowest BCUT2D eigenvalue weighted by Crippen LogP contribution is -2.47. The molecule has 1 aromatic carbocycles. The molecule has 0 spiro atoms. The summed E-state index contributed by atoms with van der Waals surface area (Å²) in [7, 11) is 0. The first-order valence-electron chi connectivity index (χ1n) is 6.66. The van der Waals surface area contributed by atoms with Gasteiger partial charge in [0.05, 0.1) is 6.04 Å². The lowest BCUT2D eigenvalue weighted by atomic mass is 9.76. The summed E-state index contributed by atoms with van der Waals surface area (Å²) in [4.78, 5) is 6.51. The summed E-state index contributed by atoms with van der Waals surface area (Å²) in [6.07, 6.45) is 2.81. The van der Waals surface area contributed by atoms with Gasteiger partial charge < -0.3 is 10.6 Å². The van der Waals surface area contributed by atoms with Gasteiger partial charge in [-0.2, -0.15) is 0 Å². The van der Waals surface area contributed by atoms with Gasteiger partial charge in [0.15, 0.2) is 5.96 Å². The van der Waals surface area contributed by atoms with Crippen LogP contribution in [0.25, 0.3) is 0 Å². The molecule has 1 aromatic rings. The third-order valence-corrected chi connectivity index (χ3v) is 3.96. The average Bonchev–Trinajstić information content (AvgIpc) is 2.18. The van der Waals surface area contributed by atoms with Crippen LogP contribution in [0.3, 0.4) is 0 Å². The Balaban J connectivity index is 1.60. The highest BCUT2D eigenvalue weighted by molar-refractivity contribution is 5.79. The Morgan fingerprint density at radius 1 is 1.16 bits per heavy atom. The molecule has 0 atom stereocenters. The predicted octanol–water partition coefficient (Wildman–Crippen LogP) is 2.23. The second-order valence-electron chi connectivity index (χ2n) is 5.35. The average molecular weight is 265 g/mol. The van der Waals surface area contributed by atoms with Gasteiger partial charge in [-0.05, 0) is 42.9 Å². The van der Waals surface area contributed by atoms with E-state index in [9.17, 15) is 8.78 Å². The fourth-order valence-corrected chi connectivity index (χ4v) is 2.59. The van der Waals surface area contributed by atoms with Crippen molar-refractivity contribution in [3.05, 3.63) is 35.4 Å². The van der Waals surface area contributed by atoms with Crippen LogP contribution in [-0.2, 0) is 0 Å². The van der Waals surface area contributed by atoms with E-state index in [1.807, 2.05) is 0 Å². The van der Waals surface area contributed by atoms with Crippen LogP contribution in [0.2, 0.25) is 0 Å². The highest BCUT2D eigenvalue weighted by atomic mass is 19.1. The zero-order valence-corrected chi connectivity index (χ0v) is 10.6. The number of hydrogen-bond donors (Lipinski definition) is 1. The number of aliphatic imine (C=N–C) groups is 1. The van der Waals surface area contributed by atoms with Gasteiger partial charge in [0.2, 0.25) is 0 Å². The van der Waals surface area contributed by atoms with E-state index in [4.69, 9.17) is 5.73 Å². The molecular weight excluding hydrogens is 248 g/mol. The van der Waals surface area contributed by atoms with Gasteiger partial charge in [-0.15, -0.1) is 0 Å². The Hall–Kier alpha value is -1.65.